The van der Waals surface area contributed by atoms with Gasteiger partial charge in [-0.3, -0.25) is 4.79 Å². The molecule has 0 radical (unpaired) electrons. The molecule has 1 aromatic rings. The maximum absolute atomic E-state index is 12.7. The van der Waals surface area contributed by atoms with Gasteiger partial charge in [0.1, 0.15) is 5.75 Å². The number of nitrogens with zero attached hydrogens (tertiary/aromatic N) is 1. The van der Waals surface area contributed by atoms with Crippen LogP contribution in [0.25, 0.3) is 0 Å². The zero-order valence-corrected chi connectivity index (χ0v) is 12.0. The van der Waals surface area contributed by atoms with Crippen LogP contribution in [0.3, 0.4) is 0 Å². The van der Waals surface area contributed by atoms with E-state index in [1.807, 2.05) is 11.0 Å². The number of amides is 1. The minimum Gasteiger partial charge on any atom is -0.508 e. The molecule has 19 heavy (non-hydrogen) atoms. The van der Waals surface area contributed by atoms with Gasteiger partial charge in [-0.25, -0.2) is 0 Å². The topological polar surface area (TPSA) is 40.5 Å². The molecule has 0 aromatic heterocycles. The molecule has 2 heterocycles. The van der Waals surface area contributed by atoms with E-state index in [0.29, 0.717) is 6.54 Å². The summed E-state index contributed by atoms with van der Waals surface area (Å²) in [6, 6.07) is 5.49. The van der Waals surface area contributed by atoms with Gasteiger partial charge in [-0.1, -0.05) is 6.07 Å². The van der Waals surface area contributed by atoms with Crippen LogP contribution in [0.15, 0.2) is 18.2 Å². The zero-order valence-electron chi connectivity index (χ0n) is 11.2. The first-order chi connectivity index (χ1) is 9.08. The molecule has 0 aliphatic carbocycles. The molecule has 1 saturated heterocycles. The van der Waals surface area contributed by atoms with Crippen LogP contribution in [-0.2, 0) is 17.8 Å². The Morgan fingerprint density at radius 3 is 3.00 bits per heavy atom. The second kappa shape index (κ2) is 4.75. The van der Waals surface area contributed by atoms with E-state index >= 15 is 0 Å². The van der Waals surface area contributed by atoms with Gasteiger partial charge in [-0.05, 0) is 55.2 Å². The van der Waals surface area contributed by atoms with Crippen molar-refractivity contribution in [1.29, 1.82) is 0 Å². The van der Waals surface area contributed by atoms with Gasteiger partial charge in [0.2, 0.25) is 5.91 Å². The van der Waals surface area contributed by atoms with Gasteiger partial charge >= 0.3 is 0 Å². The summed E-state index contributed by atoms with van der Waals surface area (Å²) in [4.78, 5) is 14.6. The van der Waals surface area contributed by atoms with Crippen molar-refractivity contribution in [2.75, 3.05) is 12.3 Å². The van der Waals surface area contributed by atoms with Crippen LogP contribution in [0.2, 0.25) is 0 Å². The van der Waals surface area contributed by atoms with E-state index in [4.69, 9.17) is 0 Å². The highest BCUT2D eigenvalue weighted by atomic mass is 32.2. The maximum Gasteiger partial charge on any atom is 0.238 e. The first kappa shape index (κ1) is 12.9. The minimum atomic E-state index is -0.228. The molecule has 0 saturated carbocycles. The fraction of sp³-hybridized carbons (Fsp3) is 0.533. The number of hydrogen-bond acceptors (Lipinski definition) is 3. The Morgan fingerprint density at radius 1 is 1.42 bits per heavy atom. The molecule has 1 aromatic carbocycles. The molecule has 1 fully saturated rings. The summed E-state index contributed by atoms with van der Waals surface area (Å²) >= 11 is 1.79. The highest BCUT2D eigenvalue weighted by Crippen LogP contribution is 2.40. The molecule has 1 atom stereocenters. The number of carbonyl (C=O) groups is 1. The van der Waals surface area contributed by atoms with Crippen LogP contribution in [0.4, 0.5) is 0 Å². The number of aromatic hydroxyl groups is 1. The molecule has 3 nitrogen and oxygen atoms in total. The molecule has 102 valence electrons. The van der Waals surface area contributed by atoms with Gasteiger partial charge in [0.25, 0.3) is 0 Å². The first-order valence-corrected chi connectivity index (χ1v) is 7.81. The Hall–Kier alpha value is -1.16. The first-order valence-electron chi connectivity index (χ1n) is 6.83. The van der Waals surface area contributed by atoms with E-state index < -0.39 is 0 Å². The maximum atomic E-state index is 12.7. The van der Waals surface area contributed by atoms with Gasteiger partial charge in [0.15, 0.2) is 0 Å². The largest absolute Gasteiger partial charge is 0.508 e. The summed E-state index contributed by atoms with van der Waals surface area (Å²) < 4.78 is -0.228. The van der Waals surface area contributed by atoms with Crippen molar-refractivity contribution in [3.63, 3.8) is 0 Å². The van der Waals surface area contributed by atoms with Crippen LogP contribution >= 0.6 is 11.8 Å². The van der Waals surface area contributed by atoms with Gasteiger partial charge in [0, 0.05) is 13.1 Å². The fourth-order valence-corrected chi connectivity index (χ4v) is 4.28. The lowest BCUT2D eigenvalue weighted by Crippen LogP contribution is -2.45. The van der Waals surface area contributed by atoms with Gasteiger partial charge < -0.3 is 10.0 Å². The normalized spacial score (nSPS) is 26.3. The Kier molecular flexibility index (Phi) is 3.21. The minimum absolute atomic E-state index is 0.228. The Labute approximate surface area is 118 Å². The number of hydrogen-bond donors (Lipinski definition) is 1. The monoisotopic (exact) mass is 277 g/mol. The smallest absolute Gasteiger partial charge is 0.238 e. The SMILES string of the molecule is CC1(C(=O)N2CCc3ccc(O)cc3C2)CCCS1. The molecule has 1 N–H and O–H groups in total. The highest BCUT2D eigenvalue weighted by molar-refractivity contribution is 8.01. The van der Waals surface area contributed by atoms with Crippen molar-refractivity contribution in [3.8, 4) is 5.75 Å². The van der Waals surface area contributed by atoms with Crippen molar-refractivity contribution in [3.05, 3.63) is 29.3 Å². The fourth-order valence-electron chi connectivity index (χ4n) is 3.00. The Bertz CT molecular complexity index is 509. The van der Waals surface area contributed by atoms with E-state index in [1.165, 1.54) is 5.56 Å². The average molecular weight is 277 g/mol. The quantitative estimate of drug-likeness (QED) is 0.857. The zero-order chi connectivity index (χ0) is 13.5. The van der Waals surface area contributed by atoms with Gasteiger partial charge in [-0.15, -0.1) is 11.8 Å². The molecular weight excluding hydrogens is 258 g/mol. The van der Waals surface area contributed by atoms with E-state index in [0.717, 1.165) is 37.1 Å². The Morgan fingerprint density at radius 2 is 2.26 bits per heavy atom. The number of carbonyl (C=O) groups excluding carboxylic acids is 1. The number of phenols is 1. The number of thioether (sulfide) groups is 1. The molecule has 1 unspecified atom stereocenters. The number of benzene rings is 1. The number of fused-ring (bicyclic) bond motifs is 1. The summed E-state index contributed by atoms with van der Waals surface area (Å²) in [5, 5.41) is 9.57. The van der Waals surface area contributed by atoms with Crippen LogP contribution in [0.1, 0.15) is 30.9 Å². The van der Waals surface area contributed by atoms with Gasteiger partial charge in [-0.2, -0.15) is 0 Å². The van der Waals surface area contributed by atoms with E-state index in [1.54, 1.807) is 23.9 Å². The van der Waals surface area contributed by atoms with E-state index in [2.05, 4.69) is 6.92 Å². The predicted octanol–water partition coefficient (Wildman–Crippen LogP) is 2.56. The van der Waals surface area contributed by atoms with Crippen molar-refractivity contribution in [1.82, 2.24) is 4.90 Å². The standard InChI is InChI=1S/C15H19NO2S/c1-15(6-2-8-19-15)14(18)16-7-5-11-3-4-13(17)9-12(11)10-16/h3-4,9,17H,2,5-8,10H2,1H3. The van der Waals surface area contributed by atoms with Crippen LogP contribution in [0, 0.1) is 0 Å². The second-order valence-corrected chi connectivity index (χ2v) is 7.21. The summed E-state index contributed by atoms with van der Waals surface area (Å²) in [5.41, 5.74) is 2.34. The summed E-state index contributed by atoms with van der Waals surface area (Å²) in [6.07, 6.45) is 3.01. The lowest BCUT2D eigenvalue weighted by atomic mass is 9.97. The van der Waals surface area contributed by atoms with Crippen LogP contribution in [0.5, 0.6) is 5.75 Å². The van der Waals surface area contributed by atoms with E-state index in [9.17, 15) is 9.90 Å². The molecule has 0 spiro atoms. The average Bonchev–Trinajstić information content (AvgIpc) is 2.85. The van der Waals surface area contributed by atoms with E-state index in [-0.39, 0.29) is 16.4 Å². The Balaban J connectivity index is 1.80. The summed E-state index contributed by atoms with van der Waals surface area (Å²) in [5.74, 6) is 1.64. The predicted molar refractivity (Wildman–Crippen MR) is 77.3 cm³/mol. The molecule has 2 aliphatic heterocycles. The summed E-state index contributed by atoms with van der Waals surface area (Å²) in [6.45, 7) is 3.51. The molecule has 4 heteroatoms. The van der Waals surface area contributed by atoms with Crippen LogP contribution < -0.4 is 0 Å². The molecule has 1 amide bonds. The third-order valence-electron chi connectivity index (χ3n) is 4.16. The third-order valence-corrected chi connectivity index (χ3v) is 5.67. The number of rotatable bonds is 1. The van der Waals surface area contributed by atoms with Crippen molar-refractivity contribution < 1.29 is 9.90 Å². The number of phenolic OH excluding ortho intramolecular Hbond substituents is 1. The van der Waals surface area contributed by atoms with Crippen molar-refractivity contribution in [2.24, 2.45) is 0 Å². The molecular formula is C15H19NO2S. The molecule has 3 rings (SSSR count). The molecule has 2 aliphatic rings. The third kappa shape index (κ3) is 2.34. The summed E-state index contributed by atoms with van der Waals surface area (Å²) in [7, 11) is 0. The lowest BCUT2D eigenvalue weighted by Gasteiger charge is -2.34. The van der Waals surface area contributed by atoms with Crippen molar-refractivity contribution in [2.45, 2.75) is 37.5 Å². The highest BCUT2D eigenvalue weighted by Gasteiger charge is 2.40. The van der Waals surface area contributed by atoms with Crippen LogP contribution in [-0.4, -0.2) is 33.0 Å². The van der Waals surface area contributed by atoms with Crippen molar-refractivity contribution >= 4 is 17.7 Å². The van der Waals surface area contributed by atoms with Gasteiger partial charge in [0.05, 0.1) is 4.75 Å². The second-order valence-electron chi connectivity index (χ2n) is 5.61. The lowest BCUT2D eigenvalue weighted by molar-refractivity contribution is -0.134. The molecule has 0 bridgehead atoms.